The van der Waals surface area contributed by atoms with E-state index in [1.165, 1.54) is 24.8 Å². The molecule has 3 aromatic heterocycles. The number of halogens is 5. The molecule has 30 heavy (non-hydrogen) atoms. The summed E-state index contributed by atoms with van der Waals surface area (Å²) < 4.78 is 53.5. The van der Waals surface area contributed by atoms with E-state index in [-0.39, 0.29) is 25.5 Å². The quantitative estimate of drug-likeness (QED) is 0.586. The van der Waals surface area contributed by atoms with Gasteiger partial charge in [0, 0.05) is 30.7 Å². The number of rotatable bonds is 5. The molecular formula is C18H20ClF4N7. The Morgan fingerprint density at radius 2 is 2.03 bits per heavy atom. The van der Waals surface area contributed by atoms with Gasteiger partial charge in [0.25, 0.3) is 0 Å². The van der Waals surface area contributed by atoms with Crippen LogP contribution in [-0.4, -0.2) is 56.2 Å². The number of fused-ring (bicyclic) bond motifs is 1. The minimum Gasteiger partial charge on any atom is -0.365 e. The van der Waals surface area contributed by atoms with Gasteiger partial charge in [0.2, 0.25) is 0 Å². The lowest BCUT2D eigenvalue weighted by atomic mass is 9.96. The molecule has 0 aromatic carbocycles. The van der Waals surface area contributed by atoms with E-state index < -0.39 is 18.4 Å². The SMILES string of the molecule is Cl.FC(F)(F)Cn1cc(-c2cc3nccnc3c(NCC3(F)CCCNC3)n2)cn1. The summed E-state index contributed by atoms with van der Waals surface area (Å²) >= 11 is 0. The van der Waals surface area contributed by atoms with Crippen LogP contribution in [0.5, 0.6) is 0 Å². The van der Waals surface area contributed by atoms with Crippen LogP contribution in [0.25, 0.3) is 22.3 Å². The number of nitrogens with one attached hydrogen (secondary N) is 2. The van der Waals surface area contributed by atoms with E-state index in [2.05, 4.69) is 30.7 Å². The van der Waals surface area contributed by atoms with Gasteiger partial charge in [-0.3, -0.25) is 9.67 Å². The highest BCUT2D eigenvalue weighted by molar-refractivity contribution is 5.88. The van der Waals surface area contributed by atoms with E-state index in [4.69, 9.17) is 0 Å². The van der Waals surface area contributed by atoms with Crippen LogP contribution in [0.2, 0.25) is 0 Å². The number of pyridine rings is 1. The molecule has 0 saturated carbocycles. The molecule has 1 saturated heterocycles. The Morgan fingerprint density at radius 3 is 2.77 bits per heavy atom. The second-order valence-electron chi connectivity index (χ2n) is 7.11. The largest absolute Gasteiger partial charge is 0.408 e. The molecule has 1 unspecified atom stereocenters. The number of hydrogen-bond donors (Lipinski definition) is 2. The van der Waals surface area contributed by atoms with E-state index >= 15 is 0 Å². The molecule has 4 rings (SSSR count). The minimum absolute atomic E-state index is 0. The van der Waals surface area contributed by atoms with Crippen LogP contribution in [-0.2, 0) is 6.54 Å². The molecule has 0 spiro atoms. The standard InChI is InChI=1S/C18H19F4N7.ClH/c19-17(2-1-3-23-9-17)10-26-16-15-14(24-4-5-25-15)6-13(28-16)12-7-27-29(8-12)11-18(20,21)22;/h4-8,23H,1-3,9-11H2,(H,26,28);1H. The smallest absolute Gasteiger partial charge is 0.365 e. The van der Waals surface area contributed by atoms with Gasteiger partial charge in [-0.05, 0) is 25.5 Å². The maximum absolute atomic E-state index is 14.9. The lowest BCUT2D eigenvalue weighted by Gasteiger charge is -2.30. The average molecular weight is 446 g/mol. The molecule has 0 amide bonds. The highest BCUT2D eigenvalue weighted by Crippen LogP contribution is 2.28. The summed E-state index contributed by atoms with van der Waals surface area (Å²) in [4.78, 5) is 13.0. The van der Waals surface area contributed by atoms with E-state index in [9.17, 15) is 17.6 Å². The molecule has 1 aliphatic rings. The van der Waals surface area contributed by atoms with Crippen molar-refractivity contribution in [3.8, 4) is 11.3 Å². The lowest BCUT2D eigenvalue weighted by Crippen LogP contribution is -2.46. The molecule has 7 nitrogen and oxygen atoms in total. The Hall–Kier alpha value is -2.53. The first-order valence-corrected chi connectivity index (χ1v) is 9.16. The summed E-state index contributed by atoms with van der Waals surface area (Å²) in [5.74, 6) is 0.330. The van der Waals surface area contributed by atoms with Gasteiger partial charge in [-0.25, -0.2) is 14.4 Å². The third-order valence-electron chi connectivity index (χ3n) is 4.72. The maximum atomic E-state index is 14.9. The van der Waals surface area contributed by atoms with Crippen molar-refractivity contribution >= 4 is 29.3 Å². The van der Waals surface area contributed by atoms with E-state index in [0.29, 0.717) is 34.5 Å². The van der Waals surface area contributed by atoms with Gasteiger partial charge in [-0.2, -0.15) is 18.3 Å². The maximum Gasteiger partial charge on any atom is 0.408 e. The topological polar surface area (TPSA) is 80.5 Å². The molecule has 162 valence electrons. The third kappa shape index (κ3) is 5.14. The van der Waals surface area contributed by atoms with Crippen molar-refractivity contribution < 1.29 is 17.6 Å². The molecule has 0 aliphatic carbocycles. The lowest BCUT2D eigenvalue weighted by molar-refractivity contribution is -0.142. The van der Waals surface area contributed by atoms with Gasteiger partial charge in [0.15, 0.2) is 5.82 Å². The predicted octanol–water partition coefficient (Wildman–Crippen LogP) is 3.38. The fourth-order valence-corrected chi connectivity index (χ4v) is 3.33. The van der Waals surface area contributed by atoms with Gasteiger partial charge in [0.1, 0.15) is 17.7 Å². The van der Waals surface area contributed by atoms with Crippen molar-refractivity contribution in [2.24, 2.45) is 0 Å². The summed E-state index contributed by atoms with van der Waals surface area (Å²) in [5, 5.41) is 9.81. The zero-order chi connectivity index (χ0) is 20.5. The summed E-state index contributed by atoms with van der Waals surface area (Å²) in [6.45, 7) is -0.123. The van der Waals surface area contributed by atoms with Crippen molar-refractivity contribution in [2.75, 3.05) is 25.0 Å². The van der Waals surface area contributed by atoms with E-state index in [1.54, 1.807) is 6.07 Å². The molecule has 3 aromatic rings. The first-order chi connectivity index (χ1) is 13.8. The van der Waals surface area contributed by atoms with Crippen LogP contribution >= 0.6 is 12.4 Å². The molecule has 2 N–H and O–H groups in total. The Balaban J connectivity index is 0.00000256. The number of piperidine rings is 1. The Labute approximate surface area is 175 Å². The van der Waals surface area contributed by atoms with Gasteiger partial charge < -0.3 is 10.6 Å². The van der Waals surface area contributed by atoms with Crippen molar-refractivity contribution in [3.63, 3.8) is 0 Å². The number of nitrogens with zero attached hydrogens (tertiary/aromatic N) is 5. The molecule has 0 bridgehead atoms. The number of alkyl halides is 4. The first-order valence-electron chi connectivity index (χ1n) is 9.16. The Bertz CT molecular complexity index is 1000. The van der Waals surface area contributed by atoms with Crippen LogP contribution in [0.3, 0.4) is 0 Å². The van der Waals surface area contributed by atoms with Gasteiger partial charge in [-0.1, -0.05) is 0 Å². The average Bonchev–Trinajstić information content (AvgIpc) is 3.13. The first kappa shape index (κ1) is 22.2. The summed E-state index contributed by atoms with van der Waals surface area (Å²) in [6.07, 6.45) is 2.38. The summed E-state index contributed by atoms with van der Waals surface area (Å²) in [6, 6.07) is 1.62. The van der Waals surface area contributed by atoms with Crippen LogP contribution in [0.15, 0.2) is 30.9 Å². The number of aromatic nitrogens is 5. The van der Waals surface area contributed by atoms with Crippen LogP contribution in [0.1, 0.15) is 12.8 Å². The van der Waals surface area contributed by atoms with Crippen LogP contribution in [0.4, 0.5) is 23.4 Å². The molecule has 1 fully saturated rings. The second-order valence-corrected chi connectivity index (χ2v) is 7.11. The molecular weight excluding hydrogens is 426 g/mol. The number of hydrogen-bond acceptors (Lipinski definition) is 6. The highest BCUT2D eigenvalue weighted by atomic mass is 35.5. The Kier molecular flexibility index (Phi) is 6.41. The van der Waals surface area contributed by atoms with Gasteiger partial charge in [-0.15, -0.1) is 12.4 Å². The molecule has 4 heterocycles. The molecule has 1 aliphatic heterocycles. The van der Waals surface area contributed by atoms with Crippen molar-refractivity contribution in [3.05, 3.63) is 30.9 Å². The van der Waals surface area contributed by atoms with Crippen molar-refractivity contribution in [1.82, 2.24) is 30.0 Å². The van der Waals surface area contributed by atoms with Crippen LogP contribution < -0.4 is 10.6 Å². The van der Waals surface area contributed by atoms with E-state index in [0.717, 1.165) is 17.6 Å². The van der Waals surface area contributed by atoms with Gasteiger partial charge in [0.05, 0.1) is 24.0 Å². The van der Waals surface area contributed by atoms with E-state index in [1.807, 2.05) is 0 Å². The summed E-state index contributed by atoms with van der Waals surface area (Å²) in [7, 11) is 0. The van der Waals surface area contributed by atoms with Crippen molar-refractivity contribution in [2.45, 2.75) is 31.2 Å². The fraction of sp³-hybridized carbons (Fsp3) is 0.444. The van der Waals surface area contributed by atoms with Crippen molar-refractivity contribution in [1.29, 1.82) is 0 Å². The van der Waals surface area contributed by atoms with Gasteiger partial charge >= 0.3 is 6.18 Å². The van der Waals surface area contributed by atoms with Crippen LogP contribution in [0, 0.1) is 0 Å². The summed E-state index contributed by atoms with van der Waals surface area (Å²) in [5.41, 5.74) is 0.328. The Morgan fingerprint density at radius 1 is 1.23 bits per heavy atom. The predicted molar refractivity (Wildman–Crippen MR) is 106 cm³/mol. The minimum atomic E-state index is -4.37. The third-order valence-corrected chi connectivity index (χ3v) is 4.72. The normalized spacial score (nSPS) is 19.5. The number of anilines is 1. The fourth-order valence-electron chi connectivity index (χ4n) is 3.33. The zero-order valence-electron chi connectivity index (χ0n) is 15.8. The molecule has 1 atom stereocenters. The molecule has 0 radical (unpaired) electrons. The monoisotopic (exact) mass is 445 g/mol. The molecule has 12 heteroatoms. The second kappa shape index (κ2) is 8.68. The highest BCUT2D eigenvalue weighted by Gasteiger charge is 2.32. The zero-order valence-corrected chi connectivity index (χ0v) is 16.6.